The van der Waals surface area contributed by atoms with Gasteiger partial charge in [0.15, 0.2) is 0 Å². The lowest BCUT2D eigenvalue weighted by molar-refractivity contribution is 0.0255. The molecule has 1 heterocycles. The average Bonchev–Trinajstić information content (AvgIpc) is 2.42. The number of piperidine rings is 1. The second kappa shape index (κ2) is 5.90. The van der Waals surface area contributed by atoms with Crippen molar-refractivity contribution in [3.8, 4) is 0 Å². The minimum Gasteiger partial charge on any atom is -0.300 e. The van der Waals surface area contributed by atoms with Crippen molar-refractivity contribution in [1.29, 1.82) is 0 Å². The summed E-state index contributed by atoms with van der Waals surface area (Å²) < 4.78 is 14.0. The highest BCUT2D eigenvalue weighted by molar-refractivity contribution is 4.89. The van der Waals surface area contributed by atoms with Crippen molar-refractivity contribution in [3.05, 3.63) is 0 Å². The van der Waals surface area contributed by atoms with E-state index in [9.17, 15) is 4.39 Å². The van der Waals surface area contributed by atoms with E-state index in [0.717, 1.165) is 37.8 Å². The molecule has 0 radical (unpaired) electrons. The van der Waals surface area contributed by atoms with E-state index in [1.54, 1.807) is 0 Å². The largest absolute Gasteiger partial charge is 0.300 e. The van der Waals surface area contributed by atoms with Crippen molar-refractivity contribution in [2.75, 3.05) is 13.1 Å². The SMILES string of the molecule is FC1CCCCC1CN1CCCC2CCCCC21. The van der Waals surface area contributed by atoms with Crippen LogP contribution in [0.4, 0.5) is 4.39 Å². The second-order valence-electron chi connectivity index (χ2n) is 6.81. The molecule has 1 nitrogen and oxygen atoms in total. The summed E-state index contributed by atoms with van der Waals surface area (Å²) in [5.74, 6) is 1.29. The molecule has 4 unspecified atom stereocenters. The molecule has 3 fully saturated rings. The van der Waals surface area contributed by atoms with Crippen molar-refractivity contribution in [3.63, 3.8) is 0 Å². The van der Waals surface area contributed by atoms with Crippen LogP contribution in [0.1, 0.15) is 64.2 Å². The first kappa shape index (κ1) is 12.9. The Bertz CT molecular complexity index is 266. The summed E-state index contributed by atoms with van der Waals surface area (Å²) in [7, 11) is 0. The molecule has 2 aliphatic carbocycles. The molecule has 3 rings (SSSR count). The van der Waals surface area contributed by atoms with Crippen molar-refractivity contribution in [2.45, 2.75) is 76.4 Å². The maximum atomic E-state index is 14.0. The van der Waals surface area contributed by atoms with Gasteiger partial charge in [0.1, 0.15) is 6.17 Å². The summed E-state index contributed by atoms with van der Waals surface area (Å²) in [5, 5.41) is 0. The summed E-state index contributed by atoms with van der Waals surface area (Å²) in [5.41, 5.74) is 0. The van der Waals surface area contributed by atoms with Gasteiger partial charge in [0, 0.05) is 18.5 Å². The van der Waals surface area contributed by atoms with Crippen molar-refractivity contribution in [1.82, 2.24) is 4.90 Å². The van der Waals surface area contributed by atoms with E-state index in [0.29, 0.717) is 5.92 Å². The Balaban J connectivity index is 1.60. The van der Waals surface area contributed by atoms with Gasteiger partial charge in [0.05, 0.1) is 0 Å². The fourth-order valence-electron chi connectivity index (χ4n) is 4.62. The fraction of sp³-hybridized carbons (Fsp3) is 1.00. The Morgan fingerprint density at radius 1 is 0.833 bits per heavy atom. The first-order chi connectivity index (χ1) is 8.84. The molecule has 0 N–H and O–H groups in total. The minimum atomic E-state index is -0.511. The highest BCUT2D eigenvalue weighted by Crippen LogP contribution is 2.37. The van der Waals surface area contributed by atoms with Crippen LogP contribution >= 0.6 is 0 Å². The topological polar surface area (TPSA) is 3.24 Å². The van der Waals surface area contributed by atoms with Crippen LogP contribution in [0.2, 0.25) is 0 Å². The minimum absolute atomic E-state index is 0.347. The van der Waals surface area contributed by atoms with E-state index in [1.807, 2.05) is 0 Å². The van der Waals surface area contributed by atoms with Crippen LogP contribution < -0.4 is 0 Å². The predicted octanol–water partition coefficient (Wildman–Crippen LogP) is 4.17. The molecule has 2 saturated carbocycles. The van der Waals surface area contributed by atoms with Gasteiger partial charge in [-0.25, -0.2) is 4.39 Å². The summed E-state index contributed by atoms with van der Waals surface area (Å²) in [6.07, 6.45) is 12.3. The summed E-state index contributed by atoms with van der Waals surface area (Å²) in [6.45, 7) is 2.30. The standard InChI is InChI=1S/C16H28FN/c17-15-9-3-1-7-14(15)12-18-11-5-8-13-6-2-4-10-16(13)18/h13-16H,1-12H2. The number of hydrogen-bond acceptors (Lipinski definition) is 1. The summed E-state index contributed by atoms with van der Waals surface area (Å²) >= 11 is 0. The molecule has 1 saturated heterocycles. The molecular weight excluding hydrogens is 225 g/mol. The van der Waals surface area contributed by atoms with Crippen molar-refractivity contribution < 1.29 is 4.39 Å². The van der Waals surface area contributed by atoms with Gasteiger partial charge in [-0.1, -0.05) is 25.7 Å². The molecule has 0 spiro atoms. The Kier molecular flexibility index (Phi) is 4.23. The molecule has 3 aliphatic rings. The number of halogens is 1. The Morgan fingerprint density at radius 2 is 1.56 bits per heavy atom. The number of rotatable bonds is 2. The normalized spacial score (nSPS) is 42.5. The van der Waals surface area contributed by atoms with Gasteiger partial charge < -0.3 is 0 Å². The molecule has 18 heavy (non-hydrogen) atoms. The van der Waals surface area contributed by atoms with Crippen LogP contribution in [0.5, 0.6) is 0 Å². The lowest BCUT2D eigenvalue weighted by Crippen LogP contribution is -2.49. The zero-order chi connectivity index (χ0) is 12.4. The van der Waals surface area contributed by atoms with Gasteiger partial charge in [-0.15, -0.1) is 0 Å². The third kappa shape index (κ3) is 2.74. The zero-order valence-electron chi connectivity index (χ0n) is 11.6. The van der Waals surface area contributed by atoms with Gasteiger partial charge in [-0.3, -0.25) is 4.90 Å². The van der Waals surface area contributed by atoms with E-state index in [2.05, 4.69) is 4.90 Å². The van der Waals surface area contributed by atoms with Crippen LogP contribution in [-0.4, -0.2) is 30.2 Å². The molecule has 0 amide bonds. The third-order valence-electron chi connectivity index (χ3n) is 5.64. The van der Waals surface area contributed by atoms with Gasteiger partial charge in [0.25, 0.3) is 0 Å². The molecule has 104 valence electrons. The molecule has 0 aromatic carbocycles. The lowest BCUT2D eigenvalue weighted by atomic mass is 9.77. The van der Waals surface area contributed by atoms with Gasteiger partial charge in [-0.05, 0) is 51.0 Å². The van der Waals surface area contributed by atoms with Crippen LogP contribution in [0.15, 0.2) is 0 Å². The molecule has 0 aromatic rings. The van der Waals surface area contributed by atoms with Gasteiger partial charge in [-0.2, -0.15) is 0 Å². The van der Waals surface area contributed by atoms with E-state index in [1.165, 1.54) is 51.5 Å². The van der Waals surface area contributed by atoms with E-state index in [-0.39, 0.29) is 0 Å². The van der Waals surface area contributed by atoms with E-state index in [4.69, 9.17) is 0 Å². The second-order valence-corrected chi connectivity index (χ2v) is 6.81. The van der Waals surface area contributed by atoms with Gasteiger partial charge in [0.2, 0.25) is 0 Å². The van der Waals surface area contributed by atoms with Crippen LogP contribution in [0, 0.1) is 11.8 Å². The van der Waals surface area contributed by atoms with Crippen LogP contribution in [-0.2, 0) is 0 Å². The average molecular weight is 253 g/mol. The smallest absolute Gasteiger partial charge is 0.104 e. The number of nitrogens with zero attached hydrogens (tertiary/aromatic N) is 1. The first-order valence-electron chi connectivity index (χ1n) is 8.23. The first-order valence-corrected chi connectivity index (χ1v) is 8.23. The number of fused-ring (bicyclic) bond motifs is 1. The molecule has 0 bridgehead atoms. The molecule has 4 atom stereocenters. The van der Waals surface area contributed by atoms with Crippen molar-refractivity contribution >= 4 is 0 Å². The molecule has 2 heteroatoms. The lowest BCUT2D eigenvalue weighted by Gasteiger charge is -2.46. The summed E-state index contributed by atoms with van der Waals surface area (Å²) in [6, 6.07) is 0.807. The molecule has 1 aliphatic heterocycles. The van der Waals surface area contributed by atoms with Crippen LogP contribution in [0.25, 0.3) is 0 Å². The van der Waals surface area contributed by atoms with E-state index >= 15 is 0 Å². The third-order valence-corrected chi connectivity index (χ3v) is 5.64. The zero-order valence-corrected chi connectivity index (χ0v) is 11.6. The number of alkyl halides is 1. The van der Waals surface area contributed by atoms with Gasteiger partial charge >= 0.3 is 0 Å². The Morgan fingerprint density at radius 3 is 2.44 bits per heavy atom. The highest BCUT2D eigenvalue weighted by Gasteiger charge is 2.35. The number of likely N-dealkylation sites (tertiary alicyclic amines) is 1. The molecule has 0 aromatic heterocycles. The fourth-order valence-corrected chi connectivity index (χ4v) is 4.62. The Hall–Kier alpha value is -0.110. The maximum Gasteiger partial charge on any atom is 0.104 e. The predicted molar refractivity (Wildman–Crippen MR) is 73.4 cm³/mol. The highest BCUT2D eigenvalue weighted by atomic mass is 19.1. The monoisotopic (exact) mass is 253 g/mol. The number of hydrogen-bond donors (Lipinski definition) is 0. The molecular formula is C16H28FN. The van der Waals surface area contributed by atoms with Crippen molar-refractivity contribution in [2.24, 2.45) is 11.8 Å². The van der Waals surface area contributed by atoms with Crippen LogP contribution in [0.3, 0.4) is 0 Å². The van der Waals surface area contributed by atoms with E-state index < -0.39 is 6.17 Å². The summed E-state index contributed by atoms with van der Waals surface area (Å²) in [4.78, 5) is 2.68. The Labute approximate surface area is 111 Å². The maximum absolute atomic E-state index is 14.0. The quantitative estimate of drug-likeness (QED) is 0.714.